The molecule has 3 amide bonds. The van der Waals surface area contributed by atoms with E-state index in [1.807, 2.05) is 6.92 Å². The molecule has 0 atom stereocenters. The number of carbonyl (C=O) groups is 2. The van der Waals surface area contributed by atoms with Gasteiger partial charge in [-0.25, -0.2) is 9.59 Å². The molecule has 7 heteroatoms. The van der Waals surface area contributed by atoms with Gasteiger partial charge in [-0.1, -0.05) is 0 Å². The summed E-state index contributed by atoms with van der Waals surface area (Å²) < 4.78 is 10.6. The molecule has 0 spiro atoms. The molecule has 2 aromatic rings. The Labute approximate surface area is 126 Å². The van der Waals surface area contributed by atoms with Gasteiger partial charge in [0.25, 0.3) is 5.91 Å². The van der Waals surface area contributed by atoms with Crippen molar-refractivity contribution in [2.45, 2.75) is 13.8 Å². The molecule has 0 unspecified atom stereocenters. The van der Waals surface area contributed by atoms with E-state index in [4.69, 9.17) is 9.15 Å². The quantitative estimate of drug-likeness (QED) is 0.832. The average Bonchev–Trinajstić information content (AvgIpc) is 2.47. The fraction of sp³-hybridized carbons (Fsp3) is 0.267. The van der Waals surface area contributed by atoms with E-state index in [2.05, 4.69) is 10.6 Å². The molecule has 0 radical (unpaired) electrons. The molecule has 1 aromatic carbocycles. The fourth-order valence-corrected chi connectivity index (χ4v) is 2.03. The van der Waals surface area contributed by atoms with Crippen LogP contribution in [-0.2, 0) is 4.79 Å². The summed E-state index contributed by atoms with van der Waals surface area (Å²) >= 11 is 0. The topological polar surface area (TPSA) is 97.6 Å². The maximum atomic E-state index is 11.5. The molecule has 0 saturated heterocycles. The third kappa shape index (κ3) is 3.25. The zero-order chi connectivity index (χ0) is 16.3. The smallest absolute Gasteiger partial charge is 0.336 e. The van der Waals surface area contributed by atoms with Gasteiger partial charge in [0.05, 0.1) is 0 Å². The summed E-state index contributed by atoms with van der Waals surface area (Å²) in [6.45, 7) is 3.22. The van der Waals surface area contributed by atoms with Crippen LogP contribution in [0.3, 0.4) is 0 Å². The SMILES string of the molecule is CNC(=O)NC(=O)COc1ccc2c(C)cc(=O)oc2c1C. The van der Waals surface area contributed by atoms with Gasteiger partial charge in [-0.3, -0.25) is 10.1 Å². The van der Waals surface area contributed by atoms with Crippen LogP contribution in [0.4, 0.5) is 4.79 Å². The van der Waals surface area contributed by atoms with E-state index < -0.39 is 17.6 Å². The standard InChI is InChI=1S/C15H16N2O5/c1-8-6-13(19)22-14-9(2)11(5-4-10(8)14)21-7-12(18)17-15(20)16-3/h4-6H,7H2,1-3H3,(H2,16,17,18,20). The second-order valence-corrected chi connectivity index (χ2v) is 4.73. The van der Waals surface area contributed by atoms with Crippen molar-refractivity contribution >= 4 is 22.9 Å². The van der Waals surface area contributed by atoms with Crippen LogP contribution in [0.5, 0.6) is 5.75 Å². The van der Waals surface area contributed by atoms with E-state index in [0.29, 0.717) is 16.9 Å². The van der Waals surface area contributed by atoms with Crippen molar-refractivity contribution in [3.63, 3.8) is 0 Å². The molecule has 22 heavy (non-hydrogen) atoms. The molecule has 1 heterocycles. The van der Waals surface area contributed by atoms with E-state index in [-0.39, 0.29) is 6.61 Å². The van der Waals surface area contributed by atoms with E-state index in [1.54, 1.807) is 19.1 Å². The van der Waals surface area contributed by atoms with Gasteiger partial charge in [0.15, 0.2) is 6.61 Å². The van der Waals surface area contributed by atoms with Crippen molar-refractivity contribution in [2.24, 2.45) is 0 Å². The predicted octanol–water partition coefficient (Wildman–Crippen LogP) is 1.24. The summed E-state index contributed by atoms with van der Waals surface area (Å²) in [6, 6.07) is 4.26. The first kappa shape index (κ1) is 15.6. The predicted molar refractivity (Wildman–Crippen MR) is 80.1 cm³/mol. The van der Waals surface area contributed by atoms with Gasteiger partial charge in [-0.2, -0.15) is 0 Å². The largest absolute Gasteiger partial charge is 0.483 e. The second kappa shape index (κ2) is 6.30. The van der Waals surface area contributed by atoms with Crippen molar-refractivity contribution in [2.75, 3.05) is 13.7 Å². The Balaban J connectivity index is 2.22. The Kier molecular flexibility index (Phi) is 4.45. The third-order valence-electron chi connectivity index (χ3n) is 3.16. The number of imide groups is 1. The van der Waals surface area contributed by atoms with Crippen LogP contribution in [0.15, 0.2) is 27.4 Å². The van der Waals surface area contributed by atoms with Gasteiger partial charge in [-0.15, -0.1) is 0 Å². The molecule has 0 bridgehead atoms. The van der Waals surface area contributed by atoms with Crippen LogP contribution < -0.4 is 21.0 Å². The van der Waals surface area contributed by atoms with Crippen LogP contribution >= 0.6 is 0 Å². The Bertz CT molecular complexity index is 794. The molecule has 2 rings (SSSR count). The Hall–Kier alpha value is -2.83. The molecular formula is C15H16N2O5. The van der Waals surface area contributed by atoms with Gasteiger partial charge in [0.1, 0.15) is 11.3 Å². The minimum Gasteiger partial charge on any atom is -0.483 e. The molecular weight excluding hydrogens is 288 g/mol. The molecule has 1 aromatic heterocycles. The molecule has 0 fully saturated rings. The summed E-state index contributed by atoms with van der Waals surface area (Å²) in [7, 11) is 1.40. The molecule has 116 valence electrons. The number of urea groups is 1. The number of aryl methyl sites for hydroxylation is 2. The minimum absolute atomic E-state index is 0.324. The highest BCUT2D eigenvalue weighted by atomic mass is 16.5. The van der Waals surface area contributed by atoms with E-state index in [0.717, 1.165) is 10.9 Å². The van der Waals surface area contributed by atoms with Crippen molar-refractivity contribution in [3.8, 4) is 5.75 Å². The maximum Gasteiger partial charge on any atom is 0.336 e. The monoisotopic (exact) mass is 304 g/mol. The van der Waals surface area contributed by atoms with Gasteiger partial charge in [0.2, 0.25) is 0 Å². The second-order valence-electron chi connectivity index (χ2n) is 4.73. The van der Waals surface area contributed by atoms with Crippen molar-refractivity contribution in [1.29, 1.82) is 0 Å². The fourth-order valence-electron chi connectivity index (χ4n) is 2.03. The van der Waals surface area contributed by atoms with Crippen molar-refractivity contribution < 1.29 is 18.7 Å². The van der Waals surface area contributed by atoms with E-state index >= 15 is 0 Å². The van der Waals surface area contributed by atoms with Gasteiger partial charge >= 0.3 is 11.7 Å². The number of benzene rings is 1. The number of carbonyl (C=O) groups excluding carboxylic acids is 2. The Morgan fingerprint density at radius 3 is 2.68 bits per heavy atom. The highest BCUT2D eigenvalue weighted by Crippen LogP contribution is 2.27. The Morgan fingerprint density at radius 1 is 1.27 bits per heavy atom. The van der Waals surface area contributed by atoms with Crippen molar-refractivity contribution in [1.82, 2.24) is 10.6 Å². The number of fused-ring (bicyclic) bond motifs is 1. The molecule has 0 aliphatic rings. The van der Waals surface area contributed by atoms with Crippen molar-refractivity contribution in [3.05, 3.63) is 39.7 Å². The van der Waals surface area contributed by atoms with Crippen LogP contribution in [0.2, 0.25) is 0 Å². The number of hydrogen-bond acceptors (Lipinski definition) is 5. The van der Waals surface area contributed by atoms with Gasteiger partial charge < -0.3 is 14.5 Å². The molecule has 2 N–H and O–H groups in total. The lowest BCUT2D eigenvalue weighted by Gasteiger charge is -2.11. The molecule has 0 aliphatic heterocycles. The Morgan fingerprint density at radius 2 is 2.00 bits per heavy atom. The highest BCUT2D eigenvalue weighted by Gasteiger charge is 2.12. The third-order valence-corrected chi connectivity index (χ3v) is 3.16. The lowest BCUT2D eigenvalue weighted by molar-refractivity contribution is -0.122. The zero-order valence-electron chi connectivity index (χ0n) is 12.5. The van der Waals surface area contributed by atoms with Crippen LogP contribution in [0.1, 0.15) is 11.1 Å². The number of hydrogen-bond donors (Lipinski definition) is 2. The summed E-state index contributed by atoms with van der Waals surface area (Å²) in [5, 5.41) is 5.16. The summed E-state index contributed by atoms with van der Waals surface area (Å²) in [5.41, 5.74) is 1.40. The number of rotatable bonds is 3. The first-order valence-electron chi connectivity index (χ1n) is 6.61. The van der Waals surface area contributed by atoms with Gasteiger partial charge in [-0.05, 0) is 31.5 Å². The molecule has 7 nitrogen and oxygen atoms in total. The average molecular weight is 304 g/mol. The highest BCUT2D eigenvalue weighted by molar-refractivity contribution is 5.95. The van der Waals surface area contributed by atoms with Crippen LogP contribution in [-0.4, -0.2) is 25.6 Å². The lowest BCUT2D eigenvalue weighted by Crippen LogP contribution is -2.40. The van der Waals surface area contributed by atoms with Crippen LogP contribution in [0.25, 0.3) is 11.0 Å². The van der Waals surface area contributed by atoms with E-state index in [9.17, 15) is 14.4 Å². The van der Waals surface area contributed by atoms with E-state index in [1.165, 1.54) is 13.1 Å². The zero-order valence-corrected chi connectivity index (χ0v) is 12.5. The number of amides is 3. The van der Waals surface area contributed by atoms with Crippen LogP contribution in [0, 0.1) is 13.8 Å². The molecule has 0 saturated carbocycles. The minimum atomic E-state index is -0.606. The first-order chi connectivity index (χ1) is 10.4. The summed E-state index contributed by atoms with van der Waals surface area (Å²) in [6.07, 6.45) is 0. The molecule has 0 aliphatic carbocycles. The van der Waals surface area contributed by atoms with Gasteiger partial charge in [0, 0.05) is 24.1 Å². The number of nitrogens with one attached hydrogen (secondary N) is 2. The summed E-state index contributed by atoms with van der Waals surface area (Å²) in [4.78, 5) is 34.0. The lowest BCUT2D eigenvalue weighted by atomic mass is 10.1. The maximum absolute atomic E-state index is 11.5. The summed E-state index contributed by atoms with van der Waals surface area (Å²) in [5.74, 6) is -0.169. The normalized spacial score (nSPS) is 10.3. The first-order valence-corrected chi connectivity index (χ1v) is 6.61. The number of ether oxygens (including phenoxy) is 1.